The number of rotatable bonds is 5. The van der Waals surface area contributed by atoms with Crippen LogP contribution in [0.3, 0.4) is 0 Å². The van der Waals surface area contributed by atoms with Crippen molar-refractivity contribution in [3.05, 3.63) is 29.6 Å². The molecule has 1 amide bonds. The summed E-state index contributed by atoms with van der Waals surface area (Å²) in [6, 6.07) is 2.90. The van der Waals surface area contributed by atoms with Crippen LogP contribution in [0.5, 0.6) is 0 Å². The van der Waals surface area contributed by atoms with Crippen LogP contribution in [0.1, 0.15) is 29.6 Å². The van der Waals surface area contributed by atoms with Crippen molar-refractivity contribution in [1.29, 1.82) is 0 Å². The van der Waals surface area contributed by atoms with Crippen molar-refractivity contribution in [2.75, 3.05) is 6.54 Å². The van der Waals surface area contributed by atoms with Gasteiger partial charge in [-0.05, 0) is 30.5 Å². The first-order valence-corrected chi connectivity index (χ1v) is 8.21. The summed E-state index contributed by atoms with van der Waals surface area (Å²) in [5.41, 5.74) is -0.308. The number of hydrogen-bond donors (Lipinski definition) is 1. The third-order valence-corrected chi connectivity index (χ3v) is 4.35. The van der Waals surface area contributed by atoms with Gasteiger partial charge >= 0.3 is 0 Å². The molecule has 1 aliphatic rings. The normalized spacial score (nSPS) is 15.3. The van der Waals surface area contributed by atoms with Crippen molar-refractivity contribution < 1.29 is 17.6 Å². The van der Waals surface area contributed by atoms with Gasteiger partial charge in [-0.1, -0.05) is 12.8 Å². The fourth-order valence-electron chi connectivity index (χ4n) is 1.72. The van der Waals surface area contributed by atoms with E-state index in [1.807, 2.05) is 0 Å². The highest BCUT2D eigenvalue weighted by molar-refractivity contribution is 8.13. The highest BCUT2D eigenvalue weighted by atomic mass is 35.7. The second-order valence-corrected chi connectivity index (χ2v) is 7.13. The summed E-state index contributed by atoms with van der Waals surface area (Å²) < 4.78 is 35.8. The third kappa shape index (κ3) is 3.91. The van der Waals surface area contributed by atoms with Crippen molar-refractivity contribution in [1.82, 2.24) is 5.32 Å². The highest BCUT2D eigenvalue weighted by Gasteiger charge is 2.21. The average Bonchev–Trinajstić information content (AvgIpc) is 3.12. The van der Waals surface area contributed by atoms with E-state index in [1.54, 1.807) is 0 Å². The van der Waals surface area contributed by atoms with Gasteiger partial charge in [-0.2, -0.15) is 0 Å². The number of carbonyl (C=O) groups excluding carboxylic acids is 1. The Balaban J connectivity index is 2.10. The summed E-state index contributed by atoms with van der Waals surface area (Å²) >= 11 is 0. The number of halogens is 2. The molecule has 0 bridgehead atoms. The maximum absolute atomic E-state index is 13.5. The molecule has 2 rings (SSSR count). The molecule has 1 aliphatic carbocycles. The van der Waals surface area contributed by atoms with Crippen LogP contribution in [0.15, 0.2) is 23.1 Å². The Morgan fingerprint density at radius 3 is 2.68 bits per heavy atom. The Labute approximate surface area is 115 Å². The summed E-state index contributed by atoms with van der Waals surface area (Å²) in [4.78, 5) is 11.5. The molecule has 0 heterocycles. The first-order valence-electron chi connectivity index (χ1n) is 5.90. The van der Waals surface area contributed by atoms with Crippen molar-refractivity contribution in [3.63, 3.8) is 0 Å². The molecule has 0 atom stereocenters. The molecule has 1 aromatic carbocycles. The molecular formula is C12H13ClFNO3S. The van der Waals surface area contributed by atoms with Gasteiger partial charge in [-0.15, -0.1) is 0 Å². The summed E-state index contributed by atoms with van der Waals surface area (Å²) in [6.07, 6.45) is 3.20. The van der Waals surface area contributed by atoms with Gasteiger partial charge in [0.05, 0.1) is 10.5 Å². The Kier molecular flexibility index (Phi) is 4.10. The zero-order valence-electron chi connectivity index (χ0n) is 10.0. The maximum Gasteiger partial charge on any atom is 0.261 e. The Bertz CT molecular complexity index is 599. The lowest BCUT2D eigenvalue weighted by Crippen LogP contribution is -2.25. The second-order valence-electron chi connectivity index (χ2n) is 4.57. The predicted molar refractivity (Wildman–Crippen MR) is 69.1 cm³/mol. The molecule has 0 aliphatic heterocycles. The van der Waals surface area contributed by atoms with Gasteiger partial charge in [-0.3, -0.25) is 4.79 Å². The van der Waals surface area contributed by atoms with E-state index < -0.39 is 20.8 Å². The molecule has 0 radical (unpaired) electrons. The summed E-state index contributed by atoms with van der Waals surface area (Å²) in [5, 5.41) is 2.57. The molecule has 0 unspecified atom stereocenters. The Morgan fingerprint density at radius 2 is 2.11 bits per heavy atom. The quantitative estimate of drug-likeness (QED) is 0.849. The van der Waals surface area contributed by atoms with E-state index in [0.29, 0.717) is 12.5 Å². The monoisotopic (exact) mass is 305 g/mol. The number of nitrogens with one attached hydrogen (secondary N) is 1. The van der Waals surface area contributed by atoms with E-state index in [9.17, 15) is 17.6 Å². The highest BCUT2D eigenvalue weighted by Crippen LogP contribution is 2.31. The molecule has 0 spiro atoms. The SMILES string of the molecule is O=C(NCCC1CC1)c1cc(S(=O)(=O)Cl)ccc1F. The zero-order valence-corrected chi connectivity index (χ0v) is 11.6. The van der Waals surface area contributed by atoms with Crippen LogP contribution >= 0.6 is 10.7 Å². The van der Waals surface area contributed by atoms with E-state index >= 15 is 0 Å². The molecule has 0 saturated heterocycles. The van der Waals surface area contributed by atoms with Crippen LogP contribution in [-0.2, 0) is 9.05 Å². The largest absolute Gasteiger partial charge is 0.352 e. The topological polar surface area (TPSA) is 63.2 Å². The van der Waals surface area contributed by atoms with Crippen LogP contribution in [0, 0.1) is 11.7 Å². The summed E-state index contributed by atoms with van der Waals surface area (Å²) in [5.74, 6) is -0.743. The standard InChI is InChI=1S/C12H13ClFNO3S/c13-19(17,18)9-3-4-11(14)10(7-9)12(16)15-6-5-8-1-2-8/h3-4,7-8H,1-2,5-6H2,(H,15,16). The minimum absolute atomic E-state index is 0.289. The van der Waals surface area contributed by atoms with Crippen molar-refractivity contribution in [2.24, 2.45) is 5.92 Å². The van der Waals surface area contributed by atoms with Gasteiger partial charge in [0.1, 0.15) is 5.82 Å². The Hall–Kier alpha value is -1.14. The fraction of sp³-hybridized carbons (Fsp3) is 0.417. The smallest absolute Gasteiger partial charge is 0.261 e. The Morgan fingerprint density at radius 1 is 1.42 bits per heavy atom. The zero-order chi connectivity index (χ0) is 14.0. The molecule has 4 nitrogen and oxygen atoms in total. The molecule has 7 heteroatoms. The fourth-order valence-corrected chi connectivity index (χ4v) is 2.50. The predicted octanol–water partition coefficient (Wildman–Crippen LogP) is 2.28. The third-order valence-electron chi connectivity index (χ3n) is 3.00. The van der Waals surface area contributed by atoms with E-state index in [1.165, 1.54) is 12.8 Å². The van der Waals surface area contributed by atoms with E-state index in [2.05, 4.69) is 5.32 Å². The van der Waals surface area contributed by atoms with E-state index in [-0.39, 0.29) is 10.5 Å². The molecule has 104 valence electrons. The lowest BCUT2D eigenvalue weighted by molar-refractivity contribution is 0.0948. The van der Waals surface area contributed by atoms with Gasteiger partial charge in [0.25, 0.3) is 15.0 Å². The van der Waals surface area contributed by atoms with E-state index in [0.717, 1.165) is 24.6 Å². The molecule has 19 heavy (non-hydrogen) atoms. The van der Waals surface area contributed by atoms with Gasteiger partial charge < -0.3 is 5.32 Å². The number of hydrogen-bond acceptors (Lipinski definition) is 3. The van der Waals surface area contributed by atoms with Crippen molar-refractivity contribution in [3.8, 4) is 0 Å². The van der Waals surface area contributed by atoms with Crippen LogP contribution < -0.4 is 5.32 Å². The molecule has 1 fully saturated rings. The minimum Gasteiger partial charge on any atom is -0.352 e. The molecule has 1 saturated carbocycles. The average molecular weight is 306 g/mol. The first kappa shape index (κ1) is 14.3. The molecule has 1 N–H and O–H groups in total. The first-order chi connectivity index (χ1) is 8.88. The number of carbonyl (C=O) groups is 1. The maximum atomic E-state index is 13.5. The number of amides is 1. The van der Waals surface area contributed by atoms with Gasteiger partial charge in [0.15, 0.2) is 0 Å². The molecular weight excluding hydrogens is 293 g/mol. The van der Waals surface area contributed by atoms with Crippen molar-refractivity contribution >= 4 is 25.6 Å². The van der Waals surface area contributed by atoms with Gasteiger partial charge in [0, 0.05) is 17.2 Å². The van der Waals surface area contributed by atoms with Gasteiger partial charge in [0.2, 0.25) is 0 Å². The van der Waals surface area contributed by atoms with Crippen LogP contribution in [0.25, 0.3) is 0 Å². The molecule has 1 aromatic rings. The summed E-state index contributed by atoms with van der Waals surface area (Å²) in [7, 11) is 1.19. The summed E-state index contributed by atoms with van der Waals surface area (Å²) in [6.45, 7) is 0.459. The van der Waals surface area contributed by atoms with E-state index in [4.69, 9.17) is 10.7 Å². The van der Waals surface area contributed by atoms with Crippen molar-refractivity contribution in [2.45, 2.75) is 24.2 Å². The number of benzene rings is 1. The molecule has 0 aromatic heterocycles. The lowest BCUT2D eigenvalue weighted by Gasteiger charge is -2.06. The lowest BCUT2D eigenvalue weighted by atomic mass is 10.2. The minimum atomic E-state index is -3.97. The van der Waals surface area contributed by atoms with Crippen LogP contribution in [0.4, 0.5) is 4.39 Å². The van der Waals surface area contributed by atoms with Gasteiger partial charge in [-0.25, -0.2) is 12.8 Å². The van der Waals surface area contributed by atoms with Crippen LogP contribution in [0.2, 0.25) is 0 Å². The second kappa shape index (κ2) is 5.46. The van der Waals surface area contributed by atoms with Crippen LogP contribution in [-0.4, -0.2) is 20.9 Å².